The fourth-order valence-electron chi connectivity index (χ4n) is 6.99. The summed E-state index contributed by atoms with van der Waals surface area (Å²) in [5, 5.41) is 15.9. The molecule has 2 saturated carbocycles. The predicted octanol–water partition coefficient (Wildman–Crippen LogP) is 4.03. The molecule has 3 aliphatic rings. The molecule has 17 heteroatoms. The third-order valence-corrected chi connectivity index (χ3v) is 11.2. The highest BCUT2D eigenvalue weighted by Crippen LogP contribution is 2.48. The number of pyridine rings is 1. The zero-order chi connectivity index (χ0) is 40.6. The first kappa shape index (κ1) is 41.5. The van der Waals surface area contributed by atoms with Gasteiger partial charge in [-0.05, 0) is 87.4 Å². The summed E-state index contributed by atoms with van der Waals surface area (Å²) in [5.41, 5.74) is -4.31. The predicted molar refractivity (Wildman–Crippen MR) is 200 cm³/mol. The van der Waals surface area contributed by atoms with Crippen molar-refractivity contribution in [1.82, 2.24) is 25.2 Å². The molecule has 0 spiro atoms. The molecule has 4 amide bonds. The second-order valence-electron chi connectivity index (χ2n) is 16.7. The lowest BCUT2D eigenvalue weighted by Crippen LogP contribution is -2.60. The summed E-state index contributed by atoms with van der Waals surface area (Å²) in [7, 11) is -3.03. The van der Waals surface area contributed by atoms with E-state index in [2.05, 4.69) is 15.6 Å². The molecule has 5 rings (SSSR count). The van der Waals surface area contributed by atoms with Gasteiger partial charge in [-0.3, -0.25) is 14.4 Å². The Labute approximate surface area is 322 Å². The summed E-state index contributed by atoms with van der Waals surface area (Å²) >= 11 is 0. The van der Waals surface area contributed by atoms with Crippen molar-refractivity contribution in [2.45, 2.75) is 128 Å². The minimum Gasteiger partial charge on any atom is -0.497 e. The Kier molecular flexibility index (Phi) is 11.6. The highest BCUT2D eigenvalue weighted by molar-refractivity contribution is 7.85. The SMILES string of the molecule is CC[C@@H]1C[C@]1(NC(=O)[C@@H]1C[C@@H](Oc2nccc3cc(OC)ccc23)CN1C(=O)[C@@H](NC(=O)OC(C)(C)C)C(C)(C)C)C(=O)NS(=O)(=O)OC1(CCC#N)CC1. The summed E-state index contributed by atoms with van der Waals surface area (Å²) in [6.45, 7) is 12.1. The summed E-state index contributed by atoms with van der Waals surface area (Å²) < 4.78 is 50.6. The molecule has 2 aromatic rings. The van der Waals surface area contributed by atoms with Gasteiger partial charge in [-0.25, -0.2) is 18.7 Å². The summed E-state index contributed by atoms with van der Waals surface area (Å²) in [6, 6.07) is 6.84. The second-order valence-corrected chi connectivity index (χ2v) is 18.0. The van der Waals surface area contributed by atoms with E-state index in [1.807, 2.05) is 23.8 Å². The topological polar surface area (TPSA) is 215 Å². The quantitative estimate of drug-likeness (QED) is 0.248. The molecule has 1 aliphatic heterocycles. The number of nitrogens with one attached hydrogen (secondary N) is 3. The van der Waals surface area contributed by atoms with Gasteiger partial charge in [0.25, 0.3) is 5.91 Å². The molecule has 0 unspecified atom stereocenters. The Bertz CT molecular complexity index is 1970. The molecule has 3 fully saturated rings. The van der Waals surface area contributed by atoms with Crippen LogP contribution in [0.15, 0.2) is 30.5 Å². The number of carbonyl (C=O) groups is 4. The van der Waals surface area contributed by atoms with Crippen LogP contribution in [0, 0.1) is 22.7 Å². The zero-order valence-electron chi connectivity index (χ0n) is 32.7. The molecule has 1 aromatic heterocycles. The van der Waals surface area contributed by atoms with Crippen LogP contribution in [-0.4, -0.2) is 90.7 Å². The van der Waals surface area contributed by atoms with Gasteiger partial charge in [0.15, 0.2) is 0 Å². The van der Waals surface area contributed by atoms with Gasteiger partial charge in [0, 0.05) is 24.4 Å². The van der Waals surface area contributed by atoms with Crippen molar-refractivity contribution in [2.75, 3.05) is 13.7 Å². The first-order valence-electron chi connectivity index (χ1n) is 18.5. The number of carbonyl (C=O) groups excluding carboxylic acids is 4. The number of alkyl carbamates (subject to hydrolysis) is 1. The fraction of sp³-hybridized carbons (Fsp3) is 0.632. The molecule has 0 bridgehead atoms. The van der Waals surface area contributed by atoms with Crippen LogP contribution in [0.4, 0.5) is 4.79 Å². The standard InChI is InChI=1S/C38H52N6O10S/c1-9-24-21-38(24,33(47)43-55(49,50)54-37(15-16-37)14-10-17-39)42-30(45)28-20-26(52-31-27-12-11-25(51-8)19-23(27)13-18-40-31)22-44(28)32(46)29(35(2,3)4)41-34(48)53-36(5,6)7/h11-13,18-19,24,26,28-29H,9-10,14-16,20-22H2,1-8H3,(H,41,48)(H,42,45)(H,43,47)/t24-,26-,28+,29-,38-/m1/s1. The first-order valence-corrected chi connectivity index (χ1v) is 19.9. The van der Waals surface area contributed by atoms with Crippen LogP contribution in [0.5, 0.6) is 11.6 Å². The Morgan fingerprint density at radius 2 is 1.82 bits per heavy atom. The molecule has 1 saturated heterocycles. The number of amides is 4. The van der Waals surface area contributed by atoms with Crippen LogP contribution in [0.25, 0.3) is 10.8 Å². The lowest BCUT2D eigenvalue weighted by molar-refractivity contribution is -0.143. The number of nitrogens with zero attached hydrogens (tertiary/aromatic N) is 3. The van der Waals surface area contributed by atoms with Gasteiger partial charge in [0.2, 0.25) is 17.7 Å². The average molecular weight is 785 g/mol. The lowest BCUT2D eigenvalue weighted by Gasteiger charge is -2.36. The van der Waals surface area contributed by atoms with Crippen LogP contribution < -0.4 is 24.8 Å². The van der Waals surface area contributed by atoms with Crippen LogP contribution in [-0.2, 0) is 33.6 Å². The number of methoxy groups -OCH3 is 1. The fourth-order valence-corrected chi connectivity index (χ4v) is 8.16. The van der Waals surface area contributed by atoms with E-state index in [1.165, 1.54) is 4.90 Å². The number of hydrogen-bond donors (Lipinski definition) is 3. The molecular formula is C38H52N6O10S. The van der Waals surface area contributed by atoms with Crippen molar-refractivity contribution in [3.8, 4) is 17.7 Å². The summed E-state index contributed by atoms with van der Waals surface area (Å²) in [6.07, 6.45) is 1.77. The summed E-state index contributed by atoms with van der Waals surface area (Å²) in [4.78, 5) is 61.4. The van der Waals surface area contributed by atoms with E-state index in [0.717, 1.165) is 5.39 Å². The molecule has 16 nitrogen and oxygen atoms in total. The largest absolute Gasteiger partial charge is 0.497 e. The van der Waals surface area contributed by atoms with E-state index >= 15 is 0 Å². The highest BCUT2D eigenvalue weighted by Gasteiger charge is 2.62. The van der Waals surface area contributed by atoms with Crippen molar-refractivity contribution in [3.05, 3.63) is 30.5 Å². The van der Waals surface area contributed by atoms with Crippen LogP contribution in [0.3, 0.4) is 0 Å². The Morgan fingerprint density at radius 3 is 2.40 bits per heavy atom. The minimum absolute atomic E-state index is 0.00753. The van der Waals surface area contributed by atoms with E-state index in [0.29, 0.717) is 30.4 Å². The van der Waals surface area contributed by atoms with E-state index in [-0.39, 0.29) is 38.1 Å². The molecular weight excluding hydrogens is 733 g/mol. The second kappa shape index (κ2) is 15.4. The molecule has 0 radical (unpaired) electrons. The van der Waals surface area contributed by atoms with E-state index in [4.69, 9.17) is 23.7 Å². The first-order chi connectivity index (χ1) is 25.6. The maximum absolute atomic E-state index is 14.5. The van der Waals surface area contributed by atoms with Crippen molar-refractivity contribution in [2.24, 2.45) is 11.3 Å². The Morgan fingerprint density at radius 1 is 1.11 bits per heavy atom. The lowest BCUT2D eigenvalue weighted by atomic mass is 9.85. The van der Waals surface area contributed by atoms with Gasteiger partial charge < -0.3 is 29.7 Å². The van der Waals surface area contributed by atoms with Crippen molar-refractivity contribution < 1.29 is 46.0 Å². The van der Waals surface area contributed by atoms with E-state index < -0.39 is 80.4 Å². The zero-order valence-corrected chi connectivity index (χ0v) is 33.5. The van der Waals surface area contributed by atoms with Crippen molar-refractivity contribution in [3.63, 3.8) is 0 Å². The number of hydrogen-bond acceptors (Lipinski definition) is 12. The molecule has 2 aliphatic carbocycles. The van der Waals surface area contributed by atoms with E-state index in [1.54, 1.807) is 73.0 Å². The number of benzene rings is 1. The van der Waals surface area contributed by atoms with Crippen LogP contribution >= 0.6 is 0 Å². The third kappa shape index (κ3) is 9.77. The molecule has 55 heavy (non-hydrogen) atoms. The maximum Gasteiger partial charge on any atom is 0.408 e. The number of aromatic nitrogens is 1. The smallest absolute Gasteiger partial charge is 0.408 e. The number of likely N-dealkylation sites (tertiary alicyclic amines) is 1. The van der Waals surface area contributed by atoms with Crippen LogP contribution in [0.2, 0.25) is 0 Å². The maximum atomic E-state index is 14.5. The number of nitriles is 1. The average Bonchev–Trinajstić information content (AvgIpc) is 3.97. The summed E-state index contributed by atoms with van der Waals surface area (Å²) in [5.74, 6) is -1.72. The number of ether oxygens (including phenoxy) is 3. The van der Waals surface area contributed by atoms with Crippen molar-refractivity contribution >= 4 is 44.9 Å². The van der Waals surface area contributed by atoms with Crippen LogP contribution in [0.1, 0.15) is 93.4 Å². The molecule has 1 aromatic carbocycles. The van der Waals surface area contributed by atoms with Gasteiger partial charge in [-0.2, -0.15) is 13.7 Å². The normalized spacial score (nSPS) is 23.5. The molecule has 3 N–H and O–H groups in total. The van der Waals surface area contributed by atoms with Crippen molar-refractivity contribution in [1.29, 1.82) is 5.26 Å². The number of rotatable bonds is 14. The Balaban J connectivity index is 1.42. The van der Waals surface area contributed by atoms with Gasteiger partial charge in [-0.15, -0.1) is 0 Å². The molecule has 300 valence electrons. The number of fused-ring (bicyclic) bond motifs is 1. The Hall–Kier alpha value is -4.69. The van der Waals surface area contributed by atoms with Gasteiger partial charge in [-0.1, -0.05) is 34.1 Å². The minimum atomic E-state index is -4.59. The molecule has 5 atom stereocenters. The monoisotopic (exact) mass is 784 g/mol. The third-order valence-electron chi connectivity index (χ3n) is 10.2. The van der Waals surface area contributed by atoms with Gasteiger partial charge >= 0.3 is 16.4 Å². The molecule has 2 heterocycles. The van der Waals surface area contributed by atoms with Gasteiger partial charge in [0.1, 0.15) is 35.1 Å². The van der Waals surface area contributed by atoms with Gasteiger partial charge in [0.05, 0.1) is 25.3 Å². The van der Waals surface area contributed by atoms with E-state index in [9.17, 15) is 27.6 Å². The highest BCUT2D eigenvalue weighted by atomic mass is 32.2.